The largest absolute Gasteiger partial charge is 0.299 e. The summed E-state index contributed by atoms with van der Waals surface area (Å²) in [4.78, 5) is 2.42. The van der Waals surface area contributed by atoms with Crippen LogP contribution < -0.4 is 4.72 Å². The number of nitrogens with zero attached hydrogens (tertiary/aromatic N) is 1. The van der Waals surface area contributed by atoms with Gasteiger partial charge in [0.1, 0.15) is 5.82 Å². The molecule has 0 amide bonds. The Balaban J connectivity index is 1.54. The molecule has 6 heteroatoms. The van der Waals surface area contributed by atoms with Gasteiger partial charge in [-0.2, -0.15) is 0 Å². The Kier molecular flexibility index (Phi) is 5.83. The highest BCUT2D eigenvalue weighted by molar-refractivity contribution is 7.88. The van der Waals surface area contributed by atoms with Crippen LogP contribution in [0.2, 0.25) is 0 Å². The average molecular weight is 362 g/mol. The summed E-state index contributed by atoms with van der Waals surface area (Å²) in [5.41, 5.74) is 2.30. The fourth-order valence-corrected chi connectivity index (χ4v) is 4.16. The van der Waals surface area contributed by atoms with Crippen molar-refractivity contribution in [2.45, 2.75) is 31.7 Å². The number of halogens is 1. The van der Waals surface area contributed by atoms with Crippen LogP contribution in [0.4, 0.5) is 4.39 Å². The minimum absolute atomic E-state index is 0.177. The molecule has 0 spiro atoms. The van der Waals surface area contributed by atoms with Crippen LogP contribution in [0.1, 0.15) is 29.5 Å². The summed E-state index contributed by atoms with van der Waals surface area (Å²) in [7, 11) is -3.58. The molecule has 0 saturated carbocycles. The zero-order valence-electron chi connectivity index (χ0n) is 14.1. The third-order valence-electron chi connectivity index (χ3n) is 4.43. The normalized spacial score (nSPS) is 15.6. The van der Waals surface area contributed by atoms with Crippen molar-refractivity contribution in [1.29, 1.82) is 0 Å². The molecule has 0 aliphatic carbocycles. The summed E-state index contributed by atoms with van der Waals surface area (Å²) in [6.07, 6.45) is 2.53. The molecule has 134 valence electrons. The molecule has 1 N–H and O–H groups in total. The lowest BCUT2D eigenvalue weighted by Gasteiger charge is -2.14. The van der Waals surface area contributed by atoms with Gasteiger partial charge in [0.25, 0.3) is 0 Å². The highest BCUT2D eigenvalue weighted by Crippen LogP contribution is 2.14. The van der Waals surface area contributed by atoms with Crippen LogP contribution in [0.25, 0.3) is 0 Å². The van der Waals surface area contributed by atoms with Crippen LogP contribution in [0, 0.1) is 5.82 Å². The molecule has 1 aliphatic rings. The van der Waals surface area contributed by atoms with Crippen molar-refractivity contribution < 1.29 is 12.8 Å². The van der Waals surface area contributed by atoms with Crippen LogP contribution in [-0.4, -0.2) is 26.4 Å². The maximum atomic E-state index is 13.6. The fourth-order valence-electron chi connectivity index (χ4n) is 3.03. The topological polar surface area (TPSA) is 49.4 Å². The highest BCUT2D eigenvalue weighted by Gasteiger charge is 2.14. The number of benzene rings is 2. The molecule has 1 saturated heterocycles. The molecule has 0 bridgehead atoms. The van der Waals surface area contributed by atoms with Gasteiger partial charge in [0, 0.05) is 18.7 Å². The Morgan fingerprint density at radius 3 is 2.28 bits per heavy atom. The summed E-state index contributed by atoms with van der Waals surface area (Å²) in [6, 6.07) is 13.9. The van der Waals surface area contributed by atoms with Gasteiger partial charge in [-0.05, 0) is 43.1 Å². The molecule has 2 aromatic rings. The van der Waals surface area contributed by atoms with Gasteiger partial charge in [-0.25, -0.2) is 17.5 Å². The molecular weight excluding hydrogens is 339 g/mol. The molecule has 3 rings (SSSR count). The van der Waals surface area contributed by atoms with Gasteiger partial charge in [0.15, 0.2) is 0 Å². The summed E-state index contributed by atoms with van der Waals surface area (Å²) in [5, 5.41) is 0. The monoisotopic (exact) mass is 362 g/mol. The third-order valence-corrected chi connectivity index (χ3v) is 5.70. The number of likely N-dealkylation sites (tertiary alicyclic amines) is 1. The van der Waals surface area contributed by atoms with Crippen LogP contribution in [0.15, 0.2) is 48.5 Å². The van der Waals surface area contributed by atoms with E-state index in [0.717, 1.165) is 25.2 Å². The van der Waals surface area contributed by atoms with Crippen LogP contribution in [0.5, 0.6) is 0 Å². The second-order valence-electron chi connectivity index (χ2n) is 6.47. The van der Waals surface area contributed by atoms with Crippen molar-refractivity contribution in [3.05, 3.63) is 71.0 Å². The van der Waals surface area contributed by atoms with E-state index in [1.807, 2.05) is 24.3 Å². The fraction of sp³-hybridized carbons (Fsp3) is 0.368. The van der Waals surface area contributed by atoms with Crippen molar-refractivity contribution in [3.8, 4) is 0 Å². The number of nitrogens with one attached hydrogen (secondary N) is 1. The van der Waals surface area contributed by atoms with Gasteiger partial charge in [-0.15, -0.1) is 0 Å². The first-order chi connectivity index (χ1) is 12.0. The lowest BCUT2D eigenvalue weighted by Crippen LogP contribution is -2.25. The predicted molar refractivity (Wildman–Crippen MR) is 96.8 cm³/mol. The van der Waals surface area contributed by atoms with Crippen molar-refractivity contribution in [2.24, 2.45) is 0 Å². The van der Waals surface area contributed by atoms with Gasteiger partial charge < -0.3 is 0 Å². The summed E-state index contributed by atoms with van der Waals surface area (Å²) >= 11 is 0. The van der Waals surface area contributed by atoms with E-state index in [9.17, 15) is 12.8 Å². The first-order valence-corrected chi connectivity index (χ1v) is 10.2. The molecule has 0 atom stereocenters. The molecule has 0 unspecified atom stereocenters. The number of hydrogen-bond acceptors (Lipinski definition) is 3. The van der Waals surface area contributed by atoms with Gasteiger partial charge >= 0.3 is 0 Å². The minimum atomic E-state index is -3.58. The maximum absolute atomic E-state index is 13.6. The van der Waals surface area contributed by atoms with E-state index in [0.29, 0.717) is 0 Å². The Morgan fingerprint density at radius 2 is 1.60 bits per heavy atom. The predicted octanol–water partition coefficient (Wildman–Crippen LogP) is 3.04. The Labute approximate surface area is 148 Å². The molecule has 1 aliphatic heterocycles. The van der Waals surface area contributed by atoms with Crippen molar-refractivity contribution in [3.63, 3.8) is 0 Å². The van der Waals surface area contributed by atoms with Gasteiger partial charge in [0.2, 0.25) is 10.0 Å². The zero-order valence-corrected chi connectivity index (χ0v) is 14.9. The molecule has 0 aromatic heterocycles. The van der Waals surface area contributed by atoms with E-state index in [1.165, 1.54) is 30.5 Å². The summed E-state index contributed by atoms with van der Waals surface area (Å²) < 4.78 is 40.4. The molecule has 0 radical (unpaired) electrons. The van der Waals surface area contributed by atoms with E-state index in [2.05, 4.69) is 9.62 Å². The maximum Gasteiger partial charge on any atom is 0.216 e. The second kappa shape index (κ2) is 8.08. The first-order valence-electron chi connectivity index (χ1n) is 8.53. The lowest BCUT2D eigenvalue weighted by molar-refractivity contribution is 0.331. The van der Waals surface area contributed by atoms with E-state index in [4.69, 9.17) is 0 Å². The zero-order chi connectivity index (χ0) is 17.7. The van der Waals surface area contributed by atoms with E-state index in [1.54, 1.807) is 12.1 Å². The Morgan fingerprint density at radius 1 is 0.960 bits per heavy atom. The van der Waals surface area contributed by atoms with E-state index in [-0.39, 0.29) is 17.9 Å². The summed E-state index contributed by atoms with van der Waals surface area (Å²) in [6.45, 7) is 3.45. The minimum Gasteiger partial charge on any atom is -0.299 e. The number of sulfonamides is 1. The Bertz CT molecular complexity index is 800. The third kappa shape index (κ3) is 5.36. The average Bonchev–Trinajstić information content (AvgIpc) is 3.09. The number of rotatable bonds is 7. The molecule has 4 nitrogen and oxygen atoms in total. The number of hydrogen-bond donors (Lipinski definition) is 1. The van der Waals surface area contributed by atoms with Gasteiger partial charge in [-0.3, -0.25) is 4.90 Å². The van der Waals surface area contributed by atoms with Crippen molar-refractivity contribution in [1.82, 2.24) is 9.62 Å². The van der Waals surface area contributed by atoms with E-state index >= 15 is 0 Å². The van der Waals surface area contributed by atoms with Gasteiger partial charge in [-0.1, -0.05) is 42.5 Å². The van der Waals surface area contributed by atoms with Crippen LogP contribution in [-0.2, 0) is 28.9 Å². The lowest BCUT2D eigenvalue weighted by atomic mass is 10.1. The molecule has 1 fully saturated rings. The SMILES string of the molecule is O=S(=O)(Cc1ccccc1F)NCc1ccc(CN2CCCC2)cc1. The standard InChI is InChI=1S/C19H23FN2O2S/c20-19-6-2-1-5-18(19)15-25(23,24)21-13-16-7-9-17(10-8-16)14-22-11-3-4-12-22/h1-2,5-10,21H,3-4,11-15H2. The van der Waals surface area contributed by atoms with Crippen molar-refractivity contribution >= 4 is 10.0 Å². The summed E-state index contributed by atoms with van der Waals surface area (Å²) in [5.74, 6) is -0.855. The van der Waals surface area contributed by atoms with Gasteiger partial charge in [0.05, 0.1) is 5.75 Å². The molecule has 1 heterocycles. The highest BCUT2D eigenvalue weighted by atomic mass is 32.2. The smallest absolute Gasteiger partial charge is 0.216 e. The van der Waals surface area contributed by atoms with Crippen molar-refractivity contribution in [2.75, 3.05) is 13.1 Å². The van der Waals surface area contributed by atoms with Crippen LogP contribution in [0.3, 0.4) is 0 Å². The van der Waals surface area contributed by atoms with Crippen LogP contribution >= 0.6 is 0 Å². The second-order valence-corrected chi connectivity index (χ2v) is 8.28. The van der Waals surface area contributed by atoms with E-state index < -0.39 is 15.8 Å². The first kappa shape index (κ1) is 18.0. The molecule has 2 aromatic carbocycles. The quantitative estimate of drug-likeness (QED) is 0.824. The molecular formula is C19H23FN2O2S. The Hall–Kier alpha value is -1.76. The molecule has 25 heavy (non-hydrogen) atoms.